The Morgan fingerprint density at radius 1 is 0.735 bits per heavy atom. The lowest BCUT2D eigenvalue weighted by atomic mass is 9.96. The van der Waals surface area contributed by atoms with Gasteiger partial charge < -0.3 is 57.8 Å². The lowest BCUT2D eigenvalue weighted by molar-refractivity contribution is -0.144. The zero-order chi connectivity index (χ0) is 50.8. The molecule has 25 nitrogen and oxygen atoms in total. The highest BCUT2D eigenvalue weighted by Gasteiger charge is 2.42. The second-order valence-electron chi connectivity index (χ2n) is 17.1. The van der Waals surface area contributed by atoms with Gasteiger partial charge in [-0.05, 0) is 63.0 Å². The first-order chi connectivity index (χ1) is 32.1. The lowest BCUT2D eigenvalue weighted by Crippen LogP contribution is -2.62. The molecule has 3 rings (SSSR count). The summed E-state index contributed by atoms with van der Waals surface area (Å²) in [5, 5.41) is 32.0. The molecule has 2 heterocycles. The van der Waals surface area contributed by atoms with Crippen molar-refractivity contribution in [2.75, 3.05) is 19.7 Å². The molecule has 376 valence electrons. The van der Waals surface area contributed by atoms with Gasteiger partial charge in [-0.3, -0.25) is 53.2 Å². The highest BCUT2D eigenvalue weighted by molar-refractivity contribution is 5.99. The predicted octanol–water partition coefficient (Wildman–Crippen LogP) is -3.52. The standard InChI is InChI=1S/C43H65N11O14/c1-6-23(4)34(42(65)54-19-11-14-29(54)38(61)47-27(37(60)51-67)16-17-31(45)56)50-36(59)28(21-55)48-40(63)33(22(2)3)49-39(62)30-15-10-18-53(30)41(64)24(5)46-35(58)26(44)20-32(57)52-68-43(66)25-12-8-7-9-13-25/h7-9,12-13,22-24,26-30,33-34,55,67H,6,10-11,14-21,44H2,1-5H3,(H2,45,56)(H,46,58)(H,47,61)(H,48,63)(H,49,62)(H,50,59)(H,51,60)(H,52,57)/t23-,24-,26-,27-,28-,29-,30-,33-,34-/m0/s1. The summed E-state index contributed by atoms with van der Waals surface area (Å²) in [7, 11) is 0. The average molecular weight is 960 g/mol. The van der Waals surface area contributed by atoms with Gasteiger partial charge in [0.2, 0.25) is 47.3 Å². The molecular formula is C43H65N11O14. The first kappa shape index (κ1) is 55.6. The largest absolute Gasteiger partial charge is 0.394 e. The van der Waals surface area contributed by atoms with E-state index in [1.807, 2.05) is 5.48 Å². The minimum Gasteiger partial charge on any atom is -0.394 e. The number of likely N-dealkylation sites (tertiary alicyclic amines) is 2. The Kier molecular flexibility index (Phi) is 21.7. The number of nitrogens with two attached hydrogens (primary N) is 2. The summed E-state index contributed by atoms with van der Waals surface area (Å²) in [5.41, 5.74) is 14.6. The van der Waals surface area contributed by atoms with Gasteiger partial charge in [0.1, 0.15) is 42.3 Å². The van der Waals surface area contributed by atoms with Gasteiger partial charge in [0.05, 0.1) is 24.6 Å². The third kappa shape index (κ3) is 15.7. The number of amides is 10. The van der Waals surface area contributed by atoms with E-state index in [4.69, 9.17) is 21.5 Å². The number of primary amides is 1. The maximum absolute atomic E-state index is 14.1. The van der Waals surface area contributed by atoms with E-state index in [0.29, 0.717) is 19.3 Å². The van der Waals surface area contributed by atoms with Gasteiger partial charge in [-0.2, -0.15) is 5.48 Å². The number of hydrogen-bond donors (Lipinski definition) is 11. The number of benzene rings is 1. The van der Waals surface area contributed by atoms with Gasteiger partial charge in [0, 0.05) is 19.5 Å². The van der Waals surface area contributed by atoms with Crippen LogP contribution in [0, 0.1) is 11.8 Å². The van der Waals surface area contributed by atoms with Crippen molar-refractivity contribution in [3.05, 3.63) is 35.9 Å². The van der Waals surface area contributed by atoms with Crippen molar-refractivity contribution in [3.8, 4) is 0 Å². The molecule has 0 radical (unpaired) electrons. The molecule has 0 bridgehead atoms. The Hall–Kier alpha value is -6.73. The average Bonchev–Trinajstić information content (AvgIpc) is 4.02. The van der Waals surface area contributed by atoms with Crippen LogP contribution in [0.25, 0.3) is 0 Å². The second-order valence-corrected chi connectivity index (χ2v) is 17.1. The fourth-order valence-electron chi connectivity index (χ4n) is 7.56. The van der Waals surface area contributed by atoms with Crippen LogP contribution in [0.15, 0.2) is 30.3 Å². The predicted molar refractivity (Wildman–Crippen MR) is 237 cm³/mol. The minimum absolute atomic E-state index is 0.108. The van der Waals surface area contributed by atoms with E-state index in [-0.39, 0.29) is 44.3 Å². The number of hydrogen-bond acceptors (Lipinski definition) is 15. The van der Waals surface area contributed by atoms with Crippen LogP contribution >= 0.6 is 0 Å². The number of carbonyl (C=O) groups is 11. The SMILES string of the molecule is CC[C@H](C)[C@H](NC(=O)[C@H](CO)NC(=O)[C@@H](NC(=O)[C@@H]1CCCN1C(=O)[C@H](C)NC(=O)[C@@H](N)CC(=O)NOC(=O)c1ccccc1)C(C)C)C(=O)N1CCC[C@H]1C(=O)N[C@@H](CCC(N)=O)C(=O)NO. The summed E-state index contributed by atoms with van der Waals surface area (Å²) in [6.07, 6.45) is 0.435. The Morgan fingerprint density at radius 3 is 1.87 bits per heavy atom. The third-order valence-electron chi connectivity index (χ3n) is 11.7. The first-order valence-electron chi connectivity index (χ1n) is 22.4. The number of rotatable bonds is 23. The highest BCUT2D eigenvalue weighted by atomic mass is 16.7. The van der Waals surface area contributed by atoms with Crippen molar-refractivity contribution < 1.29 is 67.9 Å². The summed E-state index contributed by atoms with van der Waals surface area (Å²) in [5.74, 6) is -10.1. The number of nitrogens with one attached hydrogen (secondary N) is 7. The van der Waals surface area contributed by atoms with E-state index in [1.54, 1.807) is 45.9 Å². The van der Waals surface area contributed by atoms with E-state index in [2.05, 4.69) is 26.6 Å². The van der Waals surface area contributed by atoms with Gasteiger partial charge in [-0.1, -0.05) is 52.3 Å². The Morgan fingerprint density at radius 2 is 1.32 bits per heavy atom. The van der Waals surface area contributed by atoms with E-state index in [0.717, 1.165) is 0 Å². The van der Waals surface area contributed by atoms with Crippen LogP contribution in [0.4, 0.5) is 0 Å². The molecule has 10 amide bonds. The van der Waals surface area contributed by atoms with Crippen LogP contribution in [-0.2, 0) is 52.8 Å². The van der Waals surface area contributed by atoms with Crippen molar-refractivity contribution in [1.29, 1.82) is 0 Å². The quantitative estimate of drug-likeness (QED) is 0.0374. The number of hydroxylamine groups is 2. The van der Waals surface area contributed by atoms with Crippen LogP contribution in [-0.4, -0.2) is 153 Å². The van der Waals surface area contributed by atoms with Gasteiger partial charge in [-0.15, -0.1) is 0 Å². The summed E-state index contributed by atoms with van der Waals surface area (Å²) in [6.45, 7) is 7.33. The Bertz CT molecular complexity index is 2010. The molecule has 1 aromatic rings. The van der Waals surface area contributed by atoms with Gasteiger partial charge >= 0.3 is 5.97 Å². The van der Waals surface area contributed by atoms with Crippen LogP contribution in [0.3, 0.4) is 0 Å². The number of aliphatic hydroxyl groups excluding tert-OH is 1. The maximum atomic E-state index is 14.1. The third-order valence-corrected chi connectivity index (χ3v) is 11.7. The monoisotopic (exact) mass is 959 g/mol. The smallest absolute Gasteiger partial charge is 0.362 e. The normalized spacial score (nSPS) is 18.6. The van der Waals surface area contributed by atoms with Crippen molar-refractivity contribution >= 4 is 65.0 Å². The first-order valence-corrected chi connectivity index (χ1v) is 22.4. The molecule has 9 atom stereocenters. The molecule has 2 saturated heterocycles. The fourth-order valence-corrected chi connectivity index (χ4v) is 7.56. The molecule has 2 aliphatic rings. The molecule has 25 heteroatoms. The van der Waals surface area contributed by atoms with E-state index in [9.17, 15) is 57.8 Å². The summed E-state index contributed by atoms with van der Waals surface area (Å²) < 4.78 is 0. The number of nitrogens with zero attached hydrogens (tertiary/aromatic N) is 2. The zero-order valence-electron chi connectivity index (χ0n) is 38.8. The molecule has 2 aliphatic heterocycles. The Balaban J connectivity index is 1.62. The fraction of sp³-hybridized carbons (Fsp3) is 0.605. The molecule has 0 saturated carbocycles. The van der Waals surface area contributed by atoms with Crippen molar-refractivity contribution in [2.24, 2.45) is 23.3 Å². The van der Waals surface area contributed by atoms with Crippen LogP contribution < -0.4 is 49.0 Å². The zero-order valence-corrected chi connectivity index (χ0v) is 38.8. The summed E-state index contributed by atoms with van der Waals surface area (Å²) in [6, 6.07) is -2.50. The molecule has 0 aliphatic carbocycles. The molecule has 13 N–H and O–H groups in total. The van der Waals surface area contributed by atoms with E-state index >= 15 is 0 Å². The maximum Gasteiger partial charge on any atom is 0.362 e. The van der Waals surface area contributed by atoms with Crippen LogP contribution in [0.2, 0.25) is 0 Å². The van der Waals surface area contributed by atoms with Gasteiger partial charge in [0.25, 0.3) is 11.8 Å². The molecule has 1 aromatic carbocycles. The molecule has 0 spiro atoms. The molecule has 68 heavy (non-hydrogen) atoms. The number of aliphatic hydroxyl groups is 1. The summed E-state index contributed by atoms with van der Waals surface area (Å²) in [4.78, 5) is 150. The van der Waals surface area contributed by atoms with Crippen LogP contribution in [0.1, 0.15) is 96.3 Å². The van der Waals surface area contributed by atoms with Crippen molar-refractivity contribution in [1.82, 2.24) is 47.3 Å². The molecular weight excluding hydrogens is 895 g/mol. The van der Waals surface area contributed by atoms with Crippen molar-refractivity contribution in [2.45, 2.75) is 134 Å². The van der Waals surface area contributed by atoms with E-state index < -0.39 is 138 Å². The lowest BCUT2D eigenvalue weighted by Gasteiger charge is -2.33. The van der Waals surface area contributed by atoms with Crippen LogP contribution in [0.5, 0.6) is 0 Å². The Labute approximate surface area is 392 Å². The van der Waals surface area contributed by atoms with Crippen molar-refractivity contribution in [3.63, 3.8) is 0 Å². The topological polar surface area (TPSA) is 380 Å². The molecule has 2 fully saturated rings. The molecule has 0 unspecified atom stereocenters. The second kappa shape index (κ2) is 26.6. The molecule has 0 aromatic heterocycles. The van der Waals surface area contributed by atoms with E-state index in [1.165, 1.54) is 34.3 Å². The summed E-state index contributed by atoms with van der Waals surface area (Å²) >= 11 is 0. The van der Waals surface area contributed by atoms with Gasteiger partial charge in [0.15, 0.2) is 0 Å². The van der Waals surface area contributed by atoms with Gasteiger partial charge in [-0.25, -0.2) is 10.3 Å². The minimum atomic E-state index is -1.61. The highest BCUT2D eigenvalue weighted by Crippen LogP contribution is 2.23. The number of carbonyl (C=O) groups excluding carboxylic acids is 11.